The van der Waals surface area contributed by atoms with E-state index in [4.69, 9.17) is 0 Å². The lowest BCUT2D eigenvalue weighted by atomic mass is 10.2. The molecular formula is C16H23N3O. The Morgan fingerprint density at radius 2 is 2.15 bits per heavy atom. The first-order chi connectivity index (χ1) is 9.63. The van der Waals surface area contributed by atoms with Gasteiger partial charge in [0.1, 0.15) is 5.65 Å². The van der Waals surface area contributed by atoms with E-state index < -0.39 is 0 Å². The van der Waals surface area contributed by atoms with E-state index in [0.717, 1.165) is 42.0 Å². The van der Waals surface area contributed by atoms with Crippen LogP contribution in [0.4, 0.5) is 0 Å². The number of nitrogens with one attached hydrogen (secondary N) is 1. The summed E-state index contributed by atoms with van der Waals surface area (Å²) in [6, 6.07) is 4.03. The van der Waals surface area contributed by atoms with Crippen LogP contribution >= 0.6 is 0 Å². The third kappa shape index (κ3) is 3.18. The summed E-state index contributed by atoms with van der Waals surface area (Å²) in [5.74, 6) is 0.0764. The summed E-state index contributed by atoms with van der Waals surface area (Å²) in [5.41, 5.74) is 3.99. The molecule has 0 unspecified atom stereocenters. The van der Waals surface area contributed by atoms with E-state index in [-0.39, 0.29) is 5.91 Å². The topological polar surface area (TPSA) is 46.4 Å². The van der Waals surface area contributed by atoms with Gasteiger partial charge in [0.05, 0.1) is 17.8 Å². The second kappa shape index (κ2) is 6.55. The minimum Gasteiger partial charge on any atom is -0.356 e. The maximum Gasteiger partial charge on any atom is 0.226 e. The Labute approximate surface area is 120 Å². The Morgan fingerprint density at radius 3 is 2.90 bits per heavy atom. The van der Waals surface area contributed by atoms with Crippen LogP contribution in [0.15, 0.2) is 18.3 Å². The van der Waals surface area contributed by atoms with Crippen molar-refractivity contribution in [3.63, 3.8) is 0 Å². The van der Waals surface area contributed by atoms with E-state index in [1.807, 2.05) is 36.6 Å². The van der Waals surface area contributed by atoms with Gasteiger partial charge in [0, 0.05) is 12.7 Å². The van der Waals surface area contributed by atoms with Crippen molar-refractivity contribution in [3.05, 3.63) is 35.3 Å². The molecule has 2 aromatic heterocycles. The summed E-state index contributed by atoms with van der Waals surface area (Å²) < 4.78 is 2.02. The van der Waals surface area contributed by atoms with E-state index in [2.05, 4.69) is 17.2 Å². The number of carbonyl (C=O) groups is 1. The van der Waals surface area contributed by atoms with Crippen LogP contribution < -0.4 is 5.32 Å². The van der Waals surface area contributed by atoms with Crippen LogP contribution in [0.1, 0.15) is 43.1 Å². The van der Waals surface area contributed by atoms with Crippen molar-refractivity contribution in [2.45, 2.75) is 46.5 Å². The number of aryl methyl sites for hydroxylation is 2. The number of unbranched alkanes of at least 4 members (excludes halogenated alkanes) is 2. The van der Waals surface area contributed by atoms with Crippen molar-refractivity contribution in [3.8, 4) is 0 Å². The van der Waals surface area contributed by atoms with Crippen molar-refractivity contribution in [2.24, 2.45) is 0 Å². The first-order valence-electron chi connectivity index (χ1n) is 7.33. The fourth-order valence-electron chi connectivity index (χ4n) is 2.40. The zero-order chi connectivity index (χ0) is 14.5. The van der Waals surface area contributed by atoms with Gasteiger partial charge in [-0.3, -0.25) is 4.79 Å². The molecule has 2 heterocycles. The number of amides is 1. The second-order valence-corrected chi connectivity index (χ2v) is 5.26. The number of hydrogen-bond donors (Lipinski definition) is 1. The Bertz CT molecular complexity index is 601. The number of fused-ring (bicyclic) bond motifs is 1. The number of carbonyl (C=O) groups excluding carboxylic acids is 1. The van der Waals surface area contributed by atoms with Gasteiger partial charge in [-0.2, -0.15) is 0 Å². The SMILES string of the molecule is CCCCCNC(=O)Cc1c(C)nc2c(C)cccn12. The van der Waals surface area contributed by atoms with Crippen molar-refractivity contribution >= 4 is 11.6 Å². The summed E-state index contributed by atoms with van der Waals surface area (Å²) in [6.45, 7) is 6.93. The molecule has 0 radical (unpaired) electrons. The normalized spacial score (nSPS) is 10.9. The van der Waals surface area contributed by atoms with E-state index in [0.29, 0.717) is 6.42 Å². The van der Waals surface area contributed by atoms with Crippen molar-refractivity contribution in [2.75, 3.05) is 6.54 Å². The maximum absolute atomic E-state index is 12.0. The van der Waals surface area contributed by atoms with Gasteiger partial charge < -0.3 is 9.72 Å². The number of nitrogens with zero attached hydrogens (tertiary/aromatic N) is 2. The van der Waals surface area contributed by atoms with E-state index in [1.54, 1.807) is 0 Å². The maximum atomic E-state index is 12.0. The quantitative estimate of drug-likeness (QED) is 0.823. The molecule has 2 rings (SSSR count). The molecule has 4 nitrogen and oxygen atoms in total. The molecule has 0 aliphatic heterocycles. The van der Waals surface area contributed by atoms with Gasteiger partial charge in [-0.15, -0.1) is 0 Å². The van der Waals surface area contributed by atoms with Gasteiger partial charge in [-0.05, 0) is 31.9 Å². The molecule has 1 amide bonds. The summed E-state index contributed by atoms with van der Waals surface area (Å²) >= 11 is 0. The molecule has 0 bridgehead atoms. The number of imidazole rings is 1. The molecule has 0 aliphatic rings. The van der Waals surface area contributed by atoms with Gasteiger partial charge in [-0.1, -0.05) is 25.8 Å². The molecule has 0 saturated carbocycles. The highest BCUT2D eigenvalue weighted by atomic mass is 16.1. The Balaban J connectivity index is 2.08. The minimum absolute atomic E-state index is 0.0764. The second-order valence-electron chi connectivity index (χ2n) is 5.26. The fourth-order valence-corrected chi connectivity index (χ4v) is 2.40. The number of hydrogen-bond acceptors (Lipinski definition) is 2. The highest BCUT2D eigenvalue weighted by Gasteiger charge is 2.13. The highest BCUT2D eigenvalue weighted by molar-refractivity contribution is 5.78. The van der Waals surface area contributed by atoms with Crippen LogP contribution in [0, 0.1) is 13.8 Å². The zero-order valence-corrected chi connectivity index (χ0v) is 12.6. The van der Waals surface area contributed by atoms with Crippen molar-refractivity contribution in [1.82, 2.24) is 14.7 Å². The van der Waals surface area contributed by atoms with Crippen LogP contribution in [-0.2, 0) is 11.2 Å². The molecule has 0 spiro atoms. The molecule has 108 valence electrons. The van der Waals surface area contributed by atoms with Gasteiger partial charge in [-0.25, -0.2) is 4.98 Å². The fraction of sp³-hybridized carbons (Fsp3) is 0.500. The molecule has 2 aromatic rings. The molecule has 0 aromatic carbocycles. The molecule has 0 atom stereocenters. The smallest absolute Gasteiger partial charge is 0.226 e. The molecule has 20 heavy (non-hydrogen) atoms. The lowest BCUT2D eigenvalue weighted by Gasteiger charge is -2.06. The van der Waals surface area contributed by atoms with E-state index in [9.17, 15) is 4.79 Å². The minimum atomic E-state index is 0.0764. The average molecular weight is 273 g/mol. The molecule has 0 aliphatic carbocycles. The third-order valence-corrected chi connectivity index (χ3v) is 3.57. The lowest BCUT2D eigenvalue weighted by Crippen LogP contribution is -2.26. The summed E-state index contributed by atoms with van der Waals surface area (Å²) in [4.78, 5) is 16.6. The summed E-state index contributed by atoms with van der Waals surface area (Å²) in [7, 11) is 0. The first kappa shape index (κ1) is 14.6. The zero-order valence-electron chi connectivity index (χ0n) is 12.6. The standard InChI is InChI=1S/C16H23N3O/c1-4-5-6-9-17-15(20)11-14-13(3)18-16-12(2)8-7-10-19(14)16/h7-8,10H,4-6,9,11H2,1-3H3,(H,17,20). The molecular weight excluding hydrogens is 250 g/mol. The number of pyridine rings is 1. The van der Waals surface area contributed by atoms with Crippen molar-refractivity contribution in [1.29, 1.82) is 0 Å². The average Bonchev–Trinajstić information content (AvgIpc) is 2.74. The van der Waals surface area contributed by atoms with E-state index in [1.165, 1.54) is 6.42 Å². The van der Waals surface area contributed by atoms with Crippen LogP contribution in [0.2, 0.25) is 0 Å². The Hall–Kier alpha value is -1.84. The molecule has 1 N–H and O–H groups in total. The number of aromatic nitrogens is 2. The molecule has 0 saturated heterocycles. The van der Waals surface area contributed by atoms with Gasteiger partial charge in [0.15, 0.2) is 0 Å². The largest absolute Gasteiger partial charge is 0.356 e. The van der Waals surface area contributed by atoms with Gasteiger partial charge >= 0.3 is 0 Å². The van der Waals surface area contributed by atoms with E-state index >= 15 is 0 Å². The van der Waals surface area contributed by atoms with Crippen LogP contribution in [0.25, 0.3) is 5.65 Å². The van der Waals surface area contributed by atoms with Crippen LogP contribution in [0.5, 0.6) is 0 Å². The lowest BCUT2D eigenvalue weighted by molar-refractivity contribution is -0.120. The molecule has 0 fully saturated rings. The first-order valence-corrected chi connectivity index (χ1v) is 7.33. The predicted molar refractivity (Wildman–Crippen MR) is 80.9 cm³/mol. The summed E-state index contributed by atoms with van der Waals surface area (Å²) in [5, 5.41) is 2.98. The monoisotopic (exact) mass is 273 g/mol. The van der Waals surface area contributed by atoms with Gasteiger partial charge in [0.2, 0.25) is 5.91 Å². The van der Waals surface area contributed by atoms with Crippen LogP contribution in [0.3, 0.4) is 0 Å². The Kier molecular flexibility index (Phi) is 4.77. The highest BCUT2D eigenvalue weighted by Crippen LogP contribution is 2.15. The predicted octanol–water partition coefficient (Wildman–Crippen LogP) is 2.80. The van der Waals surface area contributed by atoms with Crippen molar-refractivity contribution < 1.29 is 4.79 Å². The van der Waals surface area contributed by atoms with Crippen LogP contribution in [-0.4, -0.2) is 21.8 Å². The Morgan fingerprint density at radius 1 is 1.35 bits per heavy atom. The van der Waals surface area contributed by atoms with Gasteiger partial charge in [0.25, 0.3) is 0 Å². The third-order valence-electron chi connectivity index (χ3n) is 3.57. The molecule has 4 heteroatoms. The number of rotatable bonds is 6. The summed E-state index contributed by atoms with van der Waals surface area (Å²) in [6.07, 6.45) is 5.74.